The second-order valence-corrected chi connectivity index (χ2v) is 6.46. The highest BCUT2D eigenvalue weighted by atomic mass is 19.1. The Bertz CT molecular complexity index is 927. The van der Waals surface area contributed by atoms with Gasteiger partial charge >= 0.3 is 0 Å². The van der Waals surface area contributed by atoms with Crippen LogP contribution in [0.5, 0.6) is 0 Å². The normalized spacial score (nSPS) is 15.0. The molecule has 0 radical (unpaired) electrons. The van der Waals surface area contributed by atoms with Crippen molar-refractivity contribution in [2.45, 2.75) is 25.2 Å². The first-order valence-corrected chi connectivity index (χ1v) is 8.19. The number of anilines is 1. The minimum absolute atomic E-state index is 0.107. The molecule has 1 aromatic heterocycles. The van der Waals surface area contributed by atoms with E-state index in [1.807, 2.05) is 31.2 Å². The van der Waals surface area contributed by atoms with Crippen LogP contribution in [-0.2, 0) is 10.2 Å². The number of hydrogen-bond donors (Lipinski definition) is 1. The van der Waals surface area contributed by atoms with Gasteiger partial charge in [0.15, 0.2) is 5.76 Å². The highest BCUT2D eigenvalue weighted by molar-refractivity contribution is 6.01. The van der Waals surface area contributed by atoms with Crippen molar-refractivity contribution in [3.63, 3.8) is 0 Å². The summed E-state index contributed by atoms with van der Waals surface area (Å²) in [5, 5.41) is 6.98. The maximum atomic E-state index is 13.9. The molecule has 1 saturated carbocycles. The van der Waals surface area contributed by atoms with E-state index in [0.717, 1.165) is 11.3 Å². The third-order valence-electron chi connectivity index (χ3n) is 4.63. The number of halogens is 1. The summed E-state index contributed by atoms with van der Waals surface area (Å²) in [6.07, 6.45) is 1.40. The van der Waals surface area contributed by atoms with E-state index in [9.17, 15) is 9.18 Å². The number of rotatable bonds is 4. The zero-order valence-corrected chi connectivity index (χ0v) is 13.8. The number of carbonyl (C=O) groups is 1. The molecule has 0 bridgehead atoms. The number of benzene rings is 2. The van der Waals surface area contributed by atoms with Gasteiger partial charge in [-0.25, -0.2) is 4.39 Å². The summed E-state index contributed by atoms with van der Waals surface area (Å²) in [5.41, 5.74) is 2.09. The third-order valence-corrected chi connectivity index (χ3v) is 4.63. The Morgan fingerprint density at radius 3 is 2.56 bits per heavy atom. The zero-order valence-electron chi connectivity index (χ0n) is 13.8. The quantitative estimate of drug-likeness (QED) is 0.765. The van der Waals surface area contributed by atoms with Crippen LogP contribution in [0.4, 0.5) is 10.1 Å². The van der Waals surface area contributed by atoms with Crippen LogP contribution in [-0.4, -0.2) is 11.1 Å². The molecule has 3 aromatic rings. The molecular weight excluding hydrogens is 319 g/mol. The van der Waals surface area contributed by atoms with Gasteiger partial charge in [-0.05, 0) is 44.0 Å². The minimum Gasteiger partial charge on any atom is -0.356 e. The van der Waals surface area contributed by atoms with Crippen LogP contribution in [0, 0.1) is 12.7 Å². The average Bonchev–Trinajstić information content (AvgIpc) is 3.28. The fourth-order valence-electron chi connectivity index (χ4n) is 2.90. The summed E-state index contributed by atoms with van der Waals surface area (Å²) < 4.78 is 19.2. The lowest BCUT2D eigenvalue weighted by Crippen LogP contribution is -2.28. The molecule has 5 heteroatoms. The van der Waals surface area contributed by atoms with Crippen LogP contribution in [0.25, 0.3) is 11.3 Å². The first-order valence-electron chi connectivity index (χ1n) is 8.19. The summed E-state index contributed by atoms with van der Waals surface area (Å²) in [7, 11) is 0. The Morgan fingerprint density at radius 2 is 1.88 bits per heavy atom. The van der Waals surface area contributed by atoms with Crippen molar-refractivity contribution in [3.05, 3.63) is 71.7 Å². The topological polar surface area (TPSA) is 55.1 Å². The Balaban J connectivity index is 1.58. The highest BCUT2D eigenvalue weighted by Gasteiger charge is 2.53. The summed E-state index contributed by atoms with van der Waals surface area (Å²) in [5.74, 6) is -0.147. The van der Waals surface area contributed by atoms with Crippen LogP contribution >= 0.6 is 0 Å². The molecular formula is C20H17FN2O2. The van der Waals surface area contributed by atoms with Crippen LogP contribution in [0.1, 0.15) is 24.1 Å². The largest absolute Gasteiger partial charge is 0.356 e. The van der Waals surface area contributed by atoms with Gasteiger partial charge in [-0.1, -0.05) is 35.0 Å². The van der Waals surface area contributed by atoms with Crippen molar-refractivity contribution in [1.82, 2.24) is 5.16 Å². The number of nitrogens with one attached hydrogen (secondary N) is 1. The second kappa shape index (κ2) is 5.84. The number of nitrogens with zero attached hydrogens (tertiary/aromatic N) is 1. The van der Waals surface area contributed by atoms with E-state index in [1.54, 1.807) is 24.3 Å². The van der Waals surface area contributed by atoms with E-state index in [4.69, 9.17) is 4.52 Å². The number of aromatic nitrogens is 1. The van der Waals surface area contributed by atoms with E-state index >= 15 is 0 Å². The minimum atomic E-state index is -0.683. The lowest BCUT2D eigenvalue weighted by atomic mass is 10.00. The van der Waals surface area contributed by atoms with Crippen LogP contribution in [0.15, 0.2) is 59.1 Å². The van der Waals surface area contributed by atoms with E-state index in [-0.39, 0.29) is 11.7 Å². The lowest BCUT2D eigenvalue weighted by molar-refractivity contribution is -0.118. The molecule has 25 heavy (non-hydrogen) atoms. The van der Waals surface area contributed by atoms with Crippen LogP contribution < -0.4 is 5.32 Å². The van der Waals surface area contributed by atoms with Crippen LogP contribution in [0.2, 0.25) is 0 Å². The monoisotopic (exact) mass is 336 g/mol. The van der Waals surface area contributed by atoms with E-state index in [1.165, 1.54) is 6.07 Å². The molecule has 0 aliphatic heterocycles. The molecule has 0 atom stereocenters. The molecule has 1 aliphatic carbocycles. The SMILES string of the molecule is Cc1ccc(NC(=O)C2(c3cc(-c4ccccc4F)on3)CC2)cc1. The molecule has 1 heterocycles. The van der Waals surface area contributed by atoms with Crippen molar-refractivity contribution >= 4 is 11.6 Å². The zero-order chi connectivity index (χ0) is 17.4. The maximum absolute atomic E-state index is 13.9. The predicted octanol–water partition coefficient (Wildman–Crippen LogP) is 4.46. The Kier molecular flexibility index (Phi) is 3.64. The lowest BCUT2D eigenvalue weighted by Gasteiger charge is -2.12. The average molecular weight is 336 g/mol. The van der Waals surface area contributed by atoms with Gasteiger partial charge in [0.25, 0.3) is 0 Å². The predicted molar refractivity (Wildman–Crippen MR) is 92.6 cm³/mol. The number of aryl methyl sites for hydroxylation is 1. The van der Waals surface area contributed by atoms with Gasteiger partial charge in [0.05, 0.1) is 16.7 Å². The van der Waals surface area contributed by atoms with Gasteiger partial charge in [-0.2, -0.15) is 0 Å². The van der Waals surface area contributed by atoms with Crippen molar-refractivity contribution in [3.8, 4) is 11.3 Å². The van der Waals surface area contributed by atoms with Crippen molar-refractivity contribution < 1.29 is 13.7 Å². The van der Waals surface area contributed by atoms with Gasteiger partial charge in [-0.15, -0.1) is 0 Å². The Labute approximate surface area is 144 Å². The molecule has 1 N–H and O–H groups in total. The smallest absolute Gasteiger partial charge is 0.236 e. The van der Waals surface area contributed by atoms with Crippen molar-refractivity contribution in [2.24, 2.45) is 0 Å². The van der Waals surface area contributed by atoms with Crippen LogP contribution in [0.3, 0.4) is 0 Å². The molecule has 0 spiro atoms. The van der Waals surface area contributed by atoms with Gasteiger partial charge < -0.3 is 9.84 Å². The first kappa shape index (κ1) is 15.6. The number of carbonyl (C=O) groups excluding carboxylic acids is 1. The molecule has 1 amide bonds. The van der Waals surface area contributed by atoms with E-state index in [0.29, 0.717) is 29.9 Å². The number of amides is 1. The maximum Gasteiger partial charge on any atom is 0.236 e. The molecule has 126 valence electrons. The van der Waals surface area contributed by atoms with Crippen molar-refractivity contribution in [2.75, 3.05) is 5.32 Å². The van der Waals surface area contributed by atoms with Gasteiger partial charge in [0, 0.05) is 11.8 Å². The fraction of sp³-hybridized carbons (Fsp3) is 0.200. The Morgan fingerprint density at radius 1 is 1.16 bits per heavy atom. The van der Waals surface area contributed by atoms with Crippen molar-refractivity contribution in [1.29, 1.82) is 0 Å². The summed E-state index contributed by atoms with van der Waals surface area (Å²) in [6, 6.07) is 15.7. The second-order valence-electron chi connectivity index (χ2n) is 6.46. The standard InChI is InChI=1S/C20H17FN2O2/c1-13-6-8-14(9-7-13)22-19(24)20(10-11-20)18-12-17(25-23-18)15-4-2-3-5-16(15)21/h2-9,12H,10-11H2,1H3,(H,22,24). The highest BCUT2D eigenvalue weighted by Crippen LogP contribution is 2.49. The summed E-state index contributed by atoms with van der Waals surface area (Å²) in [4.78, 5) is 12.7. The molecule has 4 nitrogen and oxygen atoms in total. The summed E-state index contributed by atoms with van der Waals surface area (Å²) in [6.45, 7) is 1.99. The Hall–Kier alpha value is -2.95. The first-order chi connectivity index (χ1) is 12.1. The fourth-order valence-corrected chi connectivity index (χ4v) is 2.90. The van der Waals surface area contributed by atoms with Gasteiger partial charge in [-0.3, -0.25) is 4.79 Å². The molecule has 0 saturated heterocycles. The molecule has 0 unspecified atom stereocenters. The summed E-state index contributed by atoms with van der Waals surface area (Å²) >= 11 is 0. The molecule has 4 rings (SSSR count). The van der Waals surface area contributed by atoms with Gasteiger partial charge in [0.1, 0.15) is 5.82 Å². The number of hydrogen-bond acceptors (Lipinski definition) is 3. The van der Waals surface area contributed by atoms with Gasteiger partial charge in [0.2, 0.25) is 5.91 Å². The molecule has 1 aliphatic rings. The third kappa shape index (κ3) is 2.82. The molecule has 1 fully saturated rings. The molecule has 2 aromatic carbocycles. The van der Waals surface area contributed by atoms with E-state index < -0.39 is 5.41 Å². The van der Waals surface area contributed by atoms with E-state index in [2.05, 4.69) is 10.5 Å².